The molecular weight excluding hydrogens is 164 g/mol. The SMILES string of the molecule is CN1CCC(N)c2cc(O)ccc21. The van der Waals surface area contributed by atoms with Crippen LogP contribution < -0.4 is 10.6 Å². The van der Waals surface area contributed by atoms with Crippen LogP contribution in [0, 0.1) is 0 Å². The van der Waals surface area contributed by atoms with Crippen LogP contribution in [0.1, 0.15) is 18.0 Å². The zero-order chi connectivity index (χ0) is 9.42. The second-order valence-electron chi connectivity index (χ2n) is 3.56. The van der Waals surface area contributed by atoms with E-state index in [-0.39, 0.29) is 6.04 Å². The van der Waals surface area contributed by atoms with E-state index in [9.17, 15) is 5.11 Å². The van der Waals surface area contributed by atoms with E-state index in [1.54, 1.807) is 12.1 Å². The average molecular weight is 178 g/mol. The molecule has 0 saturated carbocycles. The van der Waals surface area contributed by atoms with Crippen LogP contribution in [-0.2, 0) is 0 Å². The van der Waals surface area contributed by atoms with Gasteiger partial charge in [0.2, 0.25) is 0 Å². The molecule has 0 saturated heterocycles. The Kier molecular flexibility index (Phi) is 1.88. The number of anilines is 1. The monoisotopic (exact) mass is 178 g/mol. The highest BCUT2D eigenvalue weighted by molar-refractivity contribution is 5.58. The van der Waals surface area contributed by atoms with Gasteiger partial charge in [0.15, 0.2) is 0 Å². The number of rotatable bonds is 0. The van der Waals surface area contributed by atoms with Crippen molar-refractivity contribution in [3.63, 3.8) is 0 Å². The maximum atomic E-state index is 9.32. The van der Waals surface area contributed by atoms with Crippen molar-refractivity contribution in [1.82, 2.24) is 0 Å². The van der Waals surface area contributed by atoms with Crippen molar-refractivity contribution in [3.05, 3.63) is 23.8 Å². The fourth-order valence-corrected chi connectivity index (χ4v) is 1.80. The summed E-state index contributed by atoms with van der Waals surface area (Å²) in [4.78, 5) is 2.16. The standard InChI is InChI=1S/C10H14N2O/c1-12-5-4-9(11)8-6-7(13)2-3-10(8)12/h2-3,6,9,13H,4-5,11H2,1H3. The van der Waals surface area contributed by atoms with Crippen molar-refractivity contribution in [1.29, 1.82) is 0 Å². The summed E-state index contributed by atoms with van der Waals surface area (Å²) in [6.45, 7) is 0.985. The largest absolute Gasteiger partial charge is 0.508 e. The van der Waals surface area contributed by atoms with Crippen LogP contribution in [0.3, 0.4) is 0 Å². The second-order valence-corrected chi connectivity index (χ2v) is 3.56. The highest BCUT2D eigenvalue weighted by Crippen LogP contribution is 2.33. The third-order valence-corrected chi connectivity index (χ3v) is 2.60. The third kappa shape index (κ3) is 1.35. The maximum Gasteiger partial charge on any atom is 0.116 e. The summed E-state index contributed by atoms with van der Waals surface area (Å²) in [7, 11) is 2.04. The van der Waals surface area contributed by atoms with Crippen LogP contribution in [0.2, 0.25) is 0 Å². The summed E-state index contributed by atoms with van der Waals surface area (Å²) in [5.74, 6) is 0.296. The molecule has 2 rings (SSSR count). The molecule has 1 aliphatic rings. The molecule has 1 aromatic carbocycles. The molecule has 0 radical (unpaired) electrons. The van der Waals surface area contributed by atoms with Gasteiger partial charge in [-0.1, -0.05) is 0 Å². The number of phenols is 1. The molecule has 0 fully saturated rings. The Bertz CT molecular complexity index is 325. The third-order valence-electron chi connectivity index (χ3n) is 2.60. The average Bonchev–Trinajstić information content (AvgIpc) is 2.12. The lowest BCUT2D eigenvalue weighted by atomic mass is 9.97. The van der Waals surface area contributed by atoms with Gasteiger partial charge in [-0.3, -0.25) is 0 Å². The van der Waals surface area contributed by atoms with Crippen molar-refractivity contribution in [2.45, 2.75) is 12.5 Å². The molecule has 0 aromatic heterocycles. The van der Waals surface area contributed by atoms with Gasteiger partial charge in [-0.2, -0.15) is 0 Å². The summed E-state index contributed by atoms with van der Waals surface area (Å²) in [6, 6.07) is 5.45. The molecule has 1 unspecified atom stereocenters. The van der Waals surface area contributed by atoms with E-state index in [1.807, 2.05) is 13.1 Å². The van der Waals surface area contributed by atoms with Crippen molar-refractivity contribution in [2.75, 3.05) is 18.5 Å². The molecule has 0 bridgehead atoms. The Morgan fingerprint density at radius 1 is 1.54 bits per heavy atom. The fourth-order valence-electron chi connectivity index (χ4n) is 1.80. The summed E-state index contributed by atoms with van der Waals surface area (Å²) in [5.41, 5.74) is 8.13. The Labute approximate surface area is 77.8 Å². The highest BCUT2D eigenvalue weighted by Gasteiger charge is 2.20. The topological polar surface area (TPSA) is 49.5 Å². The molecule has 3 nitrogen and oxygen atoms in total. The first-order chi connectivity index (χ1) is 6.18. The van der Waals surface area contributed by atoms with E-state index in [4.69, 9.17) is 5.73 Å². The Morgan fingerprint density at radius 3 is 3.08 bits per heavy atom. The zero-order valence-corrected chi connectivity index (χ0v) is 7.70. The molecular formula is C10H14N2O. The quantitative estimate of drug-likeness (QED) is 0.628. The molecule has 1 heterocycles. The van der Waals surface area contributed by atoms with Gasteiger partial charge in [0.1, 0.15) is 5.75 Å². The zero-order valence-electron chi connectivity index (χ0n) is 7.70. The number of nitrogens with zero attached hydrogens (tertiary/aromatic N) is 1. The van der Waals surface area contributed by atoms with Crippen LogP contribution in [0.15, 0.2) is 18.2 Å². The van der Waals surface area contributed by atoms with Crippen molar-refractivity contribution >= 4 is 5.69 Å². The van der Waals surface area contributed by atoms with Crippen LogP contribution >= 0.6 is 0 Å². The normalized spacial score (nSPS) is 21.4. The number of phenolic OH excluding ortho intramolecular Hbond substituents is 1. The van der Waals surface area contributed by atoms with Crippen LogP contribution in [0.25, 0.3) is 0 Å². The first-order valence-electron chi connectivity index (χ1n) is 4.48. The Balaban J connectivity index is 2.50. The van der Waals surface area contributed by atoms with Gasteiger partial charge in [0, 0.05) is 25.3 Å². The van der Waals surface area contributed by atoms with E-state index in [2.05, 4.69) is 4.90 Å². The number of nitrogens with two attached hydrogens (primary N) is 1. The van der Waals surface area contributed by atoms with Gasteiger partial charge in [-0.15, -0.1) is 0 Å². The van der Waals surface area contributed by atoms with Gasteiger partial charge in [0.25, 0.3) is 0 Å². The maximum absolute atomic E-state index is 9.32. The van der Waals surface area contributed by atoms with E-state index < -0.39 is 0 Å². The molecule has 0 spiro atoms. The van der Waals surface area contributed by atoms with Gasteiger partial charge >= 0.3 is 0 Å². The number of aromatic hydroxyl groups is 1. The van der Waals surface area contributed by atoms with E-state index in [1.165, 1.54) is 0 Å². The predicted molar refractivity (Wildman–Crippen MR) is 52.9 cm³/mol. The number of benzene rings is 1. The van der Waals surface area contributed by atoms with Crippen molar-refractivity contribution in [3.8, 4) is 5.75 Å². The smallest absolute Gasteiger partial charge is 0.116 e. The molecule has 3 N–H and O–H groups in total. The van der Waals surface area contributed by atoms with Gasteiger partial charge in [-0.05, 0) is 30.2 Å². The number of hydrogen-bond donors (Lipinski definition) is 2. The minimum atomic E-state index is 0.0679. The predicted octanol–water partition coefficient (Wildman–Crippen LogP) is 1.23. The van der Waals surface area contributed by atoms with Crippen molar-refractivity contribution in [2.24, 2.45) is 5.73 Å². The first kappa shape index (κ1) is 8.38. The van der Waals surface area contributed by atoms with Gasteiger partial charge < -0.3 is 15.7 Å². The molecule has 1 aromatic rings. The minimum Gasteiger partial charge on any atom is -0.508 e. The molecule has 1 atom stereocenters. The lowest BCUT2D eigenvalue weighted by Gasteiger charge is -2.31. The summed E-state index contributed by atoms with van der Waals surface area (Å²) in [5, 5.41) is 9.32. The summed E-state index contributed by atoms with van der Waals surface area (Å²) < 4.78 is 0. The molecule has 0 amide bonds. The number of fused-ring (bicyclic) bond motifs is 1. The molecule has 1 aliphatic heterocycles. The number of hydrogen-bond acceptors (Lipinski definition) is 3. The van der Waals surface area contributed by atoms with Crippen LogP contribution in [0.4, 0.5) is 5.69 Å². The Morgan fingerprint density at radius 2 is 2.31 bits per heavy atom. The molecule has 0 aliphatic carbocycles. The minimum absolute atomic E-state index is 0.0679. The second kappa shape index (κ2) is 2.92. The van der Waals surface area contributed by atoms with E-state index in [0.717, 1.165) is 24.2 Å². The van der Waals surface area contributed by atoms with Crippen LogP contribution in [0.5, 0.6) is 5.75 Å². The highest BCUT2D eigenvalue weighted by atomic mass is 16.3. The Hall–Kier alpha value is -1.22. The molecule has 3 heteroatoms. The lowest BCUT2D eigenvalue weighted by molar-refractivity contribution is 0.472. The van der Waals surface area contributed by atoms with E-state index >= 15 is 0 Å². The van der Waals surface area contributed by atoms with Crippen LogP contribution in [-0.4, -0.2) is 18.7 Å². The van der Waals surface area contributed by atoms with Crippen molar-refractivity contribution < 1.29 is 5.11 Å². The fraction of sp³-hybridized carbons (Fsp3) is 0.400. The van der Waals surface area contributed by atoms with Gasteiger partial charge in [0.05, 0.1) is 0 Å². The lowest BCUT2D eigenvalue weighted by Crippen LogP contribution is -2.30. The summed E-state index contributed by atoms with van der Waals surface area (Å²) in [6.07, 6.45) is 0.951. The van der Waals surface area contributed by atoms with Gasteiger partial charge in [-0.25, -0.2) is 0 Å². The first-order valence-corrected chi connectivity index (χ1v) is 4.48. The molecule has 13 heavy (non-hydrogen) atoms. The van der Waals surface area contributed by atoms with E-state index in [0.29, 0.717) is 5.75 Å². The summed E-state index contributed by atoms with van der Waals surface area (Å²) >= 11 is 0. The molecule has 70 valence electrons.